The third-order valence-corrected chi connectivity index (χ3v) is 2.10. The van der Waals surface area contributed by atoms with Crippen molar-refractivity contribution >= 4 is 11.6 Å². The number of carboxylic acids is 1. The van der Waals surface area contributed by atoms with Crippen molar-refractivity contribution in [2.45, 2.75) is 19.8 Å². The largest absolute Gasteiger partial charge is 0.477 e. The van der Waals surface area contributed by atoms with E-state index in [1.807, 2.05) is 6.92 Å². The molecule has 0 unspecified atom stereocenters. The molecule has 0 saturated carbocycles. The molecule has 0 spiro atoms. The number of aromatic carboxylic acids is 1. The first-order valence-electron chi connectivity index (χ1n) is 4.80. The van der Waals surface area contributed by atoms with Gasteiger partial charge in [-0.05, 0) is 18.6 Å². The van der Waals surface area contributed by atoms with Crippen LogP contribution in [0.25, 0.3) is 5.65 Å². The molecule has 5 nitrogen and oxygen atoms in total. The lowest BCUT2D eigenvalue weighted by Gasteiger charge is -1.96. The molecule has 15 heavy (non-hydrogen) atoms. The van der Waals surface area contributed by atoms with Crippen LogP contribution in [0.5, 0.6) is 0 Å². The van der Waals surface area contributed by atoms with Crippen LogP contribution in [0.4, 0.5) is 0 Å². The van der Waals surface area contributed by atoms with E-state index in [4.69, 9.17) is 5.11 Å². The lowest BCUT2D eigenvalue weighted by atomic mass is 10.3. The molecule has 2 aromatic rings. The molecule has 0 bridgehead atoms. The first kappa shape index (κ1) is 9.64. The van der Waals surface area contributed by atoms with Gasteiger partial charge in [-0.3, -0.25) is 0 Å². The van der Waals surface area contributed by atoms with E-state index in [0.717, 1.165) is 12.8 Å². The van der Waals surface area contributed by atoms with Crippen LogP contribution in [0, 0.1) is 0 Å². The van der Waals surface area contributed by atoms with Crippen molar-refractivity contribution in [3.8, 4) is 0 Å². The highest BCUT2D eigenvalue weighted by Crippen LogP contribution is 2.07. The molecular formula is C10H11N3O2. The number of aryl methyl sites for hydroxylation is 1. The van der Waals surface area contributed by atoms with Gasteiger partial charge in [-0.25, -0.2) is 14.3 Å². The molecule has 1 N–H and O–H groups in total. The minimum Gasteiger partial charge on any atom is -0.477 e. The number of carboxylic acid groups (broad SMARTS) is 1. The van der Waals surface area contributed by atoms with Crippen molar-refractivity contribution in [2.24, 2.45) is 0 Å². The molecule has 5 heteroatoms. The second-order valence-corrected chi connectivity index (χ2v) is 3.26. The highest BCUT2D eigenvalue weighted by Gasteiger charge is 2.10. The Kier molecular flexibility index (Phi) is 2.37. The molecular weight excluding hydrogens is 194 g/mol. The number of aromatic nitrogens is 3. The van der Waals surface area contributed by atoms with Gasteiger partial charge in [0.05, 0.1) is 0 Å². The molecule has 2 heterocycles. The van der Waals surface area contributed by atoms with Gasteiger partial charge in [0.15, 0.2) is 17.2 Å². The van der Waals surface area contributed by atoms with Gasteiger partial charge >= 0.3 is 5.97 Å². The molecule has 0 atom stereocenters. The molecule has 2 aromatic heterocycles. The zero-order valence-corrected chi connectivity index (χ0v) is 8.34. The van der Waals surface area contributed by atoms with Gasteiger partial charge in [-0.1, -0.05) is 13.0 Å². The Hall–Kier alpha value is -1.91. The van der Waals surface area contributed by atoms with Crippen molar-refractivity contribution in [3.05, 3.63) is 29.7 Å². The van der Waals surface area contributed by atoms with E-state index in [9.17, 15) is 4.79 Å². The Labute approximate surface area is 86.4 Å². The summed E-state index contributed by atoms with van der Waals surface area (Å²) in [6.07, 6.45) is 1.71. The first-order chi connectivity index (χ1) is 7.22. The lowest BCUT2D eigenvalue weighted by Crippen LogP contribution is -2.05. The number of fused-ring (bicyclic) bond motifs is 1. The van der Waals surface area contributed by atoms with E-state index in [2.05, 4.69) is 10.1 Å². The van der Waals surface area contributed by atoms with Gasteiger partial charge in [0, 0.05) is 6.42 Å². The number of nitrogens with zero attached hydrogens (tertiary/aromatic N) is 3. The highest BCUT2D eigenvalue weighted by molar-refractivity contribution is 5.86. The summed E-state index contributed by atoms with van der Waals surface area (Å²) in [5, 5.41) is 13.1. The van der Waals surface area contributed by atoms with Crippen LogP contribution < -0.4 is 0 Å². The van der Waals surface area contributed by atoms with Crippen molar-refractivity contribution in [3.63, 3.8) is 0 Å². The van der Waals surface area contributed by atoms with Crippen LogP contribution in [-0.2, 0) is 6.42 Å². The van der Waals surface area contributed by atoms with Crippen molar-refractivity contribution in [1.29, 1.82) is 0 Å². The normalized spacial score (nSPS) is 10.7. The van der Waals surface area contributed by atoms with E-state index in [0.29, 0.717) is 11.5 Å². The summed E-state index contributed by atoms with van der Waals surface area (Å²) in [6.45, 7) is 2.03. The van der Waals surface area contributed by atoms with Gasteiger partial charge in [-0.2, -0.15) is 5.10 Å². The molecule has 0 saturated heterocycles. The summed E-state index contributed by atoms with van der Waals surface area (Å²) in [5.74, 6) is -0.306. The van der Waals surface area contributed by atoms with Crippen LogP contribution >= 0.6 is 0 Å². The Morgan fingerprint density at radius 2 is 2.33 bits per heavy atom. The average Bonchev–Trinajstić information content (AvgIpc) is 2.59. The average molecular weight is 205 g/mol. The second kappa shape index (κ2) is 3.68. The van der Waals surface area contributed by atoms with E-state index in [1.165, 1.54) is 10.6 Å². The molecule has 2 rings (SSSR count). The molecule has 0 fully saturated rings. The summed E-state index contributed by atoms with van der Waals surface area (Å²) in [7, 11) is 0. The number of hydrogen-bond acceptors (Lipinski definition) is 3. The van der Waals surface area contributed by atoms with Crippen LogP contribution in [0.15, 0.2) is 18.2 Å². The maximum atomic E-state index is 10.9. The summed E-state index contributed by atoms with van der Waals surface area (Å²) < 4.78 is 1.37. The maximum absolute atomic E-state index is 10.9. The number of pyridine rings is 1. The summed E-state index contributed by atoms with van der Waals surface area (Å²) >= 11 is 0. The number of rotatable bonds is 3. The highest BCUT2D eigenvalue weighted by atomic mass is 16.4. The van der Waals surface area contributed by atoms with Gasteiger partial charge in [0.1, 0.15) is 0 Å². The second-order valence-electron chi connectivity index (χ2n) is 3.26. The van der Waals surface area contributed by atoms with Gasteiger partial charge in [0.2, 0.25) is 0 Å². The molecule has 78 valence electrons. The first-order valence-corrected chi connectivity index (χ1v) is 4.80. The molecule has 0 aromatic carbocycles. The molecule has 0 aliphatic carbocycles. The lowest BCUT2D eigenvalue weighted by molar-refractivity contribution is 0.0687. The van der Waals surface area contributed by atoms with Crippen LogP contribution in [-0.4, -0.2) is 25.7 Å². The topological polar surface area (TPSA) is 67.5 Å². The smallest absolute Gasteiger partial charge is 0.354 e. The van der Waals surface area contributed by atoms with Crippen molar-refractivity contribution in [1.82, 2.24) is 14.6 Å². The van der Waals surface area contributed by atoms with Gasteiger partial charge < -0.3 is 5.11 Å². The maximum Gasteiger partial charge on any atom is 0.354 e. The Morgan fingerprint density at radius 3 is 3.00 bits per heavy atom. The predicted molar refractivity (Wildman–Crippen MR) is 53.9 cm³/mol. The van der Waals surface area contributed by atoms with Gasteiger partial charge in [-0.15, -0.1) is 0 Å². The number of hydrogen-bond donors (Lipinski definition) is 1. The fourth-order valence-corrected chi connectivity index (χ4v) is 1.44. The van der Waals surface area contributed by atoms with Crippen LogP contribution in [0.1, 0.15) is 29.7 Å². The summed E-state index contributed by atoms with van der Waals surface area (Å²) in [5.41, 5.74) is 0.723. The van der Waals surface area contributed by atoms with E-state index < -0.39 is 5.97 Å². The summed E-state index contributed by atoms with van der Waals surface area (Å²) in [6, 6.07) is 4.93. The number of carbonyl (C=O) groups is 1. The standard InChI is InChI=1S/C10H11N3O2/c1-2-4-8-11-9-6-3-5-7(10(14)15)13(9)12-8/h3,5-6H,2,4H2,1H3,(H,14,15). The summed E-state index contributed by atoms with van der Waals surface area (Å²) in [4.78, 5) is 15.1. The minimum atomic E-state index is -0.992. The van der Waals surface area contributed by atoms with Crippen LogP contribution in [0.3, 0.4) is 0 Å². The minimum absolute atomic E-state index is 0.141. The van der Waals surface area contributed by atoms with Crippen molar-refractivity contribution < 1.29 is 9.90 Å². The quantitative estimate of drug-likeness (QED) is 0.821. The molecule has 0 aliphatic heterocycles. The molecule has 0 amide bonds. The molecule has 0 aliphatic rings. The zero-order valence-electron chi connectivity index (χ0n) is 8.34. The third-order valence-electron chi connectivity index (χ3n) is 2.10. The van der Waals surface area contributed by atoms with E-state index in [1.54, 1.807) is 12.1 Å². The Bertz CT molecular complexity index is 504. The Morgan fingerprint density at radius 1 is 1.53 bits per heavy atom. The zero-order chi connectivity index (χ0) is 10.8. The SMILES string of the molecule is CCCc1nc2cccc(C(=O)O)n2n1. The monoisotopic (exact) mass is 205 g/mol. The Balaban J connectivity index is 2.59. The fourth-order valence-electron chi connectivity index (χ4n) is 1.44. The third kappa shape index (κ3) is 1.68. The fraction of sp³-hybridized carbons (Fsp3) is 0.300. The van der Waals surface area contributed by atoms with Crippen molar-refractivity contribution in [2.75, 3.05) is 0 Å². The molecule has 0 radical (unpaired) electrons. The predicted octanol–water partition coefficient (Wildman–Crippen LogP) is 1.38. The van der Waals surface area contributed by atoms with Gasteiger partial charge in [0.25, 0.3) is 0 Å². The van der Waals surface area contributed by atoms with Crippen LogP contribution in [0.2, 0.25) is 0 Å². The van der Waals surface area contributed by atoms with E-state index >= 15 is 0 Å². The van der Waals surface area contributed by atoms with E-state index in [-0.39, 0.29) is 5.69 Å².